The predicted octanol–water partition coefficient (Wildman–Crippen LogP) is 4.45. The molecule has 0 aliphatic carbocycles. The minimum absolute atomic E-state index is 0.0455. The van der Waals surface area contributed by atoms with Crippen LogP contribution < -0.4 is 5.32 Å². The van der Waals surface area contributed by atoms with Gasteiger partial charge in [0.2, 0.25) is 5.78 Å². The molecule has 0 radical (unpaired) electrons. The molecule has 196 valence electrons. The van der Waals surface area contributed by atoms with Crippen molar-refractivity contribution in [1.29, 1.82) is 0 Å². The second kappa shape index (κ2) is 10.1. The monoisotopic (exact) mass is 506 g/mol. The number of ketones is 1. The summed E-state index contributed by atoms with van der Waals surface area (Å²) >= 11 is 0. The molecule has 0 saturated carbocycles. The van der Waals surface area contributed by atoms with E-state index in [4.69, 9.17) is 0 Å². The molecule has 1 aliphatic rings. The van der Waals surface area contributed by atoms with E-state index in [-0.39, 0.29) is 29.4 Å². The van der Waals surface area contributed by atoms with Gasteiger partial charge in [-0.05, 0) is 77.4 Å². The number of aromatic nitrogens is 1. The molecule has 4 rings (SSSR count). The van der Waals surface area contributed by atoms with Crippen molar-refractivity contribution in [3.05, 3.63) is 70.7 Å². The number of nitrogens with one attached hydrogen (secondary N) is 2. The third-order valence-electron chi connectivity index (χ3n) is 6.83. The van der Waals surface area contributed by atoms with Gasteiger partial charge in [-0.25, -0.2) is 4.39 Å². The van der Waals surface area contributed by atoms with Crippen molar-refractivity contribution in [3.8, 4) is 0 Å². The molecule has 2 aromatic carbocycles. The molecule has 0 bridgehead atoms. The first-order valence-corrected chi connectivity index (χ1v) is 12.6. The smallest absolute Gasteiger partial charge is 0.292 e. The van der Waals surface area contributed by atoms with Crippen molar-refractivity contribution in [1.82, 2.24) is 20.1 Å². The Morgan fingerprint density at radius 3 is 2.35 bits per heavy atom. The van der Waals surface area contributed by atoms with Crippen molar-refractivity contribution in [2.45, 2.75) is 65.7 Å². The molecule has 3 aromatic rings. The van der Waals surface area contributed by atoms with Crippen molar-refractivity contribution in [2.75, 3.05) is 13.1 Å². The van der Waals surface area contributed by atoms with Crippen LogP contribution in [0.15, 0.2) is 42.5 Å². The highest BCUT2D eigenvalue weighted by Gasteiger charge is 2.34. The quantitative estimate of drug-likeness (QED) is 0.396. The number of carbonyl (C=O) groups is 3. The predicted molar refractivity (Wildman–Crippen MR) is 142 cm³/mol. The van der Waals surface area contributed by atoms with E-state index in [0.717, 1.165) is 16.8 Å². The van der Waals surface area contributed by atoms with Crippen LogP contribution in [0.2, 0.25) is 0 Å². The molecule has 8 heteroatoms. The van der Waals surface area contributed by atoms with Gasteiger partial charge in [0.15, 0.2) is 0 Å². The van der Waals surface area contributed by atoms with Crippen LogP contribution in [0.4, 0.5) is 4.39 Å². The molecule has 1 aromatic heterocycles. The van der Waals surface area contributed by atoms with Gasteiger partial charge < -0.3 is 15.2 Å². The van der Waals surface area contributed by atoms with Crippen LogP contribution >= 0.6 is 0 Å². The van der Waals surface area contributed by atoms with Gasteiger partial charge in [-0.1, -0.05) is 12.1 Å². The SMILES string of the molecule is Cc1[nH]c2ccc(C(=O)C(=O)NC(C)(C)C)cc2c1C(=O)N1CC(C)N(Cc2ccc(F)cc2)CC1C. The molecule has 2 unspecified atom stereocenters. The van der Waals surface area contributed by atoms with E-state index in [1.165, 1.54) is 12.1 Å². The summed E-state index contributed by atoms with van der Waals surface area (Å²) in [6.07, 6.45) is 0. The summed E-state index contributed by atoms with van der Waals surface area (Å²) in [5, 5.41) is 3.33. The van der Waals surface area contributed by atoms with Crippen LogP contribution in [0.3, 0.4) is 0 Å². The largest absolute Gasteiger partial charge is 0.358 e. The number of nitrogens with zero attached hydrogens (tertiary/aromatic N) is 2. The summed E-state index contributed by atoms with van der Waals surface area (Å²) in [4.78, 5) is 46.5. The molecular weight excluding hydrogens is 471 g/mol. The van der Waals surface area contributed by atoms with E-state index in [1.807, 2.05) is 39.5 Å². The highest BCUT2D eigenvalue weighted by atomic mass is 19.1. The number of Topliss-reactive ketones (excluding diaryl/α,β-unsaturated/α-hetero) is 1. The van der Waals surface area contributed by atoms with Crippen molar-refractivity contribution in [3.63, 3.8) is 0 Å². The van der Waals surface area contributed by atoms with Gasteiger partial charge >= 0.3 is 0 Å². The lowest BCUT2D eigenvalue weighted by Gasteiger charge is -2.44. The zero-order valence-corrected chi connectivity index (χ0v) is 22.3. The fourth-order valence-corrected chi connectivity index (χ4v) is 4.94. The second-order valence-electron chi connectivity index (χ2n) is 11.1. The maximum atomic E-state index is 13.8. The first-order chi connectivity index (χ1) is 17.3. The van der Waals surface area contributed by atoms with E-state index in [0.29, 0.717) is 30.6 Å². The molecule has 37 heavy (non-hydrogen) atoms. The van der Waals surface area contributed by atoms with Gasteiger partial charge in [-0.15, -0.1) is 0 Å². The number of aromatic amines is 1. The number of benzene rings is 2. The number of carbonyl (C=O) groups excluding carboxylic acids is 3. The minimum Gasteiger partial charge on any atom is -0.358 e. The summed E-state index contributed by atoms with van der Waals surface area (Å²) in [5.41, 5.74) is 2.72. The Balaban J connectivity index is 1.56. The first-order valence-electron chi connectivity index (χ1n) is 12.6. The molecular formula is C29H35FN4O3. The summed E-state index contributed by atoms with van der Waals surface area (Å²) in [6, 6.07) is 11.6. The number of piperazine rings is 1. The summed E-state index contributed by atoms with van der Waals surface area (Å²) < 4.78 is 13.3. The molecule has 7 nitrogen and oxygen atoms in total. The maximum Gasteiger partial charge on any atom is 0.292 e. The van der Waals surface area contributed by atoms with E-state index in [9.17, 15) is 18.8 Å². The molecule has 1 saturated heterocycles. The fraction of sp³-hybridized carbons (Fsp3) is 0.414. The van der Waals surface area contributed by atoms with Gasteiger partial charge in [0.25, 0.3) is 11.8 Å². The number of halogens is 1. The topological polar surface area (TPSA) is 85.5 Å². The minimum atomic E-state index is -0.674. The zero-order valence-electron chi connectivity index (χ0n) is 22.3. The molecule has 2 atom stereocenters. The van der Waals surface area contributed by atoms with E-state index in [1.54, 1.807) is 30.3 Å². The number of hydrogen-bond donors (Lipinski definition) is 2. The number of aryl methyl sites for hydroxylation is 1. The molecule has 2 heterocycles. The van der Waals surface area contributed by atoms with E-state index < -0.39 is 17.2 Å². The van der Waals surface area contributed by atoms with Gasteiger partial charge in [0.05, 0.1) is 5.56 Å². The molecule has 2 N–H and O–H groups in total. The van der Waals surface area contributed by atoms with Crippen molar-refractivity contribution < 1.29 is 18.8 Å². The van der Waals surface area contributed by atoms with Gasteiger partial charge in [-0.3, -0.25) is 19.3 Å². The number of amides is 2. The van der Waals surface area contributed by atoms with Crippen molar-refractivity contribution in [2.24, 2.45) is 0 Å². The Hall–Kier alpha value is -3.52. The van der Waals surface area contributed by atoms with E-state index >= 15 is 0 Å². The molecule has 0 spiro atoms. The fourth-order valence-electron chi connectivity index (χ4n) is 4.94. The Morgan fingerprint density at radius 2 is 1.70 bits per heavy atom. The molecule has 2 amide bonds. The normalized spacial score (nSPS) is 18.7. The summed E-state index contributed by atoms with van der Waals surface area (Å²) in [5.74, 6) is -1.67. The van der Waals surface area contributed by atoms with Crippen LogP contribution in [-0.2, 0) is 11.3 Å². The Labute approximate surface area is 217 Å². The third-order valence-corrected chi connectivity index (χ3v) is 6.83. The first kappa shape index (κ1) is 26.5. The number of rotatable bonds is 5. The summed E-state index contributed by atoms with van der Waals surface area (Å²) in [6.45, 7) is 13.3. The lowest BCUT2D eigenvalue weighted by atomic mass is 10.0. The van der Waals surface area contributed by atoms with Crippen LogP contribution in [0.25, 0.3) is 10.9 Å². The van der Waals surface area contributed by atoms with Crippen molar-refractivity contribution >= 4 is 28.5 Å². The zero-order chi connectivity index (χ0) is 27.1. The summed E-state index contributed by atoms with van der Waals surface area (Å²) in [7, 11) is 0. The van der Waals surface area contributed by atoms with Gasteiger partial charge in [-0.2, -0.15) is 0 Å². The lowest BCUT2D eigenvalue weighted by Crippen LogP contribution is -2.57. The maximum absolute atomic E-state index is 13.8. The average molecular weight is 507 g/mol. The van der Waals surface area contributed by atoms with Crippen LogP contribution in [0, 0.1) is 12.7 Å². The lowest BCUT2D eigenvalue weighted by molar-refractivity contribution is -0.118. The number of hydrogen-bond acceptors (Lipinski definition) is 4. The van der Waals surface area contributed by atoms with Gasteiger partial charge in [0.1, 0.15) is 5.82 Å². The highest BCUT2D eigenvalue weighted by molar-refractivity contribution is 6.43. The van der Waals surface area contributed by atoms with Gasteiger partial charge in [0, 0.05) is 59.4 Å². The van der Waals surface area contributed by atoms with Crippen LogP contribution in [0.5, 0.6) is 0 Å². The molecule has 1 fully saturated rings. The molecule has 1 aliphatic heterocycles. The van der Waals surface area contributed by atoms with Crippen LogP contribution in [-0.4, -0.2) is 63.1 Å². The second-order valence-corrected chi connectivity index (χ2v) is 11.1. The van der Waals surface area contributed by atoms with Crippen LogP contribution in [0.1, 0.15) is 66.6 Å². The Kier molecular flexibility index (Phi) is 7.24. The number of fused-ring (bicyclic) bond motifs is 1. The average Bonchev–Trinajstić information content (AvgIpc) is 3.15. The highest BCUT2D eigenvalue weighted by Crippen LogP contribution is 2.28. The standard InChI is InChI=1S/C29H35FN4O3/c1-17-15-34(18(2)14-33(17)16-20-7-10-22(30)11-8-20)28(37)25-19(3)31-24-12-9-21(13-23(24)25)26(35)27(36)32-29(4,5)6/h7-13,17-18,31H,14-16H2,1-6H3,(H,32,36). The van der Waals surface area contributed by atoms with E-state index in [2.05, 4.69) is 22.1 Å². The Morgan fingerprint density at radius 1 is 1.03 bits per heavy atom. The third kappa shape index (κ3) is 5.74. The number of H-pyrrole nitrogens is 1. The Bertz CT molecular complexity index is 1340.